The van der Waals surface area contributed by atoms with Crippen LogP contribution in [0.15, 0.2) is 53.1 Å². The Labute approximate surface area is 161 Å². The number of ether oxygens (including phenoxy) is 1. The fourth-order valence-electron chi connectivity index (χ4n) is 3.51. The third-order valence-electron chi connectivity index (χ3n) is 4.92. The molecule has 0 radical (unpaired) electrons. The van der Waals surface area contributed by atoms with Crippen LogP contribution in [0.4, 0.5) is 4.39 Å². The van der Waals surface area contributed by atoms with Crippen molar-refractivity contribution >= 4 is 5.91 Å². The van der Waals surface area contributed by atoms with Crippen LogP contribution in [-0.4, -0.2) is 34.6 Å². The van der Waals surface area contributed by atoms with Crippen molar-refractivity contribution in [1.82, 2.24) is 15.0 Å². The van der Waals surface area contributed by atoms with Gasteiger partial charge in [0.1, 0.15) is 17.6 Å². The van der Waals surface area contributed by atoms with Crippen LogP contribution in [0.3, 0.4) is 0 Å². The molecule has 4 rings (SSSR count). The van der Waals surface area contributed by atoms with Gasteiger partial charge in [0.15, 0.2) is 0 Å². The molecule has 1 atom stereocenters. The largest absolute Gasteiger partial charge is 0.496 e. The Bertz CT molecular complexity index is 971. The third kappa shape index (κ3) is 3.60. The number of likely N-dealkylation sites (tertiary alicyclic amines) is 1. The maximum atomic E-state index is 13.1. The van der Waals surface area contributed by atoms with Crippen LogP contribution in [-0.2, 0) is 11.2 Å². The Morgan fingerprint density at radius 3 is 2.82 bits per heavy atom. The minimum Gasteiger partial charge on any atom is -0.496 e. The number of nitrogens with zero attached hydrogens (tertiary/aromatic N) is 3. The molecule has 1 aliphatic heterocycles. The summed E-state index contributed by atoms with van der Waals surface area (Å²) in [5, 5.41) is 4.08. The maximum Gasteiger partial charge on any atom is 0.249 e. The molecular weight excluding hydrogens is 361 g/mol. The standard InChI is InChI=1S/C21H20FN3O3/c1-27-18-7-3-2-5-16(18)20-23-21(28-24-20)17-6-4-12-25(17)19(26)13-14-8-10-15(22)11-9-14/h2-3,5,7-11,17H,4,6,12-13H2,1H3. The Kier molecular flexibility index (Phi) is 5.06. The van der Waals surface area contributed by atoms with Gasteiger partial charge in [-0.1, -0.05) is 29.4 Å². The van der Waals surface area contributed by atoms with Gasteiger partial charge in [0.2, 0.25) is 17.6 Å². The summed E-state index contributed by atoms with van der Waals surface area (Å²) in [6, 6.07) is 13.2. The molecular formula is C21H20FN3O3. The first-order chi connectivity index (χ1) is 13.7. The quantitative estimate of drug-likeness (QED) is 0.673. The van der Waals surface area contributed by atoms with E-state index < -0.39 is 0 Å². The molecule has 1 unspecified atom stereocenters. The zero-order chi connectivity index (χ0) is 19.5. The number of hydrogen-bond acceptors (Lipinski definition) is 5. The Hall–Kier alpha value is -3.22. The Morgan fingerprint density at radius 1 is 1.25 bits per heavy atom. The highest BCUT2D eigenvalue weighted by molar-refractivity contribution is 5.79. The fraction of sp³-hybridized carbons (Fsp3) is 0.286. The number of amides is 1. The second-order valence-electron chi connectivity index (χ2n) is 6.70. The van der Waals surface area contributed by atoms with E-state index in [-0.39, 0.29) is 24.2 Å². The van der Waals surface area contributed by atoms with E-state index in [1.807, 2.05) is 24.3 Å². The average Bonchev–Trinajstić information content (AvgIpc) is 3.39. The SMILES string of the molecule is COc1ccccc1-c1noc(C2CCCN2C(=O)Cc2ccc(F)cc2)n1. The number of benzene rings is 2. The third-order valence-corrected chi connectivity index (χ3v) is 4.92. The maximum absolute atomic E-state index is 13.1. The van der Waals surface area contributed by atoms with Crippen molar-refractivity contribution in [2.24, 2.45) is 0 Å². The van der Waals surface area contributed by atoms with E-state index in [1.54, 1.807) is 24.1 Å². The van der Waals surface area contributed by atoms with Crippen LogP contribution < -0.4 is 4.74 Å². The highest BCUT2D eigenvalue weighted by Gasteiger charge is 2.34. The highest BCUT2D eigenvalue weighted by atomic mass is 19.1. The fourth-order valence-corrected chi connectivity index (χ4v) is 3.51. The molecule has 1 saturated heterocycles. The van der Waals surface area contributed by atoms with Gasteiger partial charge in [0, 0.05) is 6.54 Å². The van der Waals surface area contributed by atoms with E-state index in [1.165, 1.54) is 12.1 Å². The van der Waals surface area contributed by atoms with Gasteiger partial charge in [0.25, 0.3) is 0 Å². The van der Waals surface area contributed by atoms with Gasteiger partial charge in [0.05, 0.1) is 19.1 Å². The van der Waals surface area contributed by atoms with Crippen LogP contribution >= 0.6 is 0 Å². The molecule has 3 aromatic rings. The molecule has 0 N–H and O–H groups in total. The molecule has 1 aromatic heterocycles. The van der Waals surface area contributed by atoms with Gasteiger partial charge in [-0.15, -0.1) is 0 Å². The number of aromatic nitrogens is 2. The van der Waals surface area contributed by atoms with Crippen LogP contribution in [0.1, 0.15) is 30.3 Å². The molecule has 0 bridgehead atoms. The summed E-state index contributed by atoms with van der Waals surface area (Å²) >= 11 is 0. The normalized spacial score (nSPS) is 16.4. The molecule has 1 fully saturated rings. The smallest absolute Gasteiger partial charge is 0.249 e. The molecule has 1 aliphatic rings. The van der Waals surface area contributed by atoms with Crippen LogP contribution in [0.2, 0.25) is 0 Å². The van der Waals surface area contributed by atoms with E-state index >= 15 is 0 Å². The van der Waals surface area contributed by atoms with Crippen molar-refractivity contribution in [3.63, 3.8) is 0 Å². The number of hydrogen-bond donors (Lipinski definition) is 0. The van der Waals surface area contributed by atoms with Crippen LogP contribution in [0.5, 0.6) is 5.75 Å². The zero-order valence-corrected chi connectivity index (χ0v) is 15.5. The molecule has 0 spiro atoms. The molecule has 2 heterocycles. The van der Waals surface area contributed by atoms with E-state index in [0.717, 1.165) is 24.0 Å². The summed E-state index contributed by atoms with van der Waals surface area (Å²) in [6.45, 7) is 0.636. The summed E-state index contributed by atoms with van der Waals surface area (Å²) in [4.78, 5) is 19.1. The second kappa shape index (κ2) is 7.80. The van der Waals surface area contributed by atoms with E-state index in [9.17, 15) is 9.18 Å². The molecule has 144 valence electrons. The summed E-state index contributed by atoms with van der Waals surface area (Å²) in [7, 11) is 1.59. The summed E-state index contributed by atoms with van der Waals surface area (Å²) in [5.74, 6) is 1.16. The number of methoxy groups -OCH3 is 1. The van der Waals surface area contributed by atoms with Crippen molar-refractivity contribution in [2.75, 3.05) is 13.7 Å². The van der Waals surface area contributed by atoms with Crippen molar-refractivity contribution < 1.29 is 18.4 Å². The average molecular weight is 381 g/mol. The van der Waals surface area contributed by atoms with Gasteiger partial charge >= 0.3 is 0 Å². The van der Waals surface area contributed by atoms with Crippen molar-refractivity contribution in [3.05, 3.63) is 65.8 Å². The summed E-state index contributed by atoms with van der Waals surface area (Å²) in [6.07, 6.45) is 1.85. The van der Waals surface area contributed by atoms with Crippen LogP contribution in [0.25, 0.3) is 11.4 Å². The molecule has 7 heteroatoms. The minimum atomic E-state index is -0.315. The van der Waals surface area contributed by atoms with Crippen molar-refractivity contribution in [2.45, 2.75) is 25.3 Å². The predicted molar refractivity (Wildman–Crippen MR) is 100 cm³/mol. The number of carbonyl (C=O) groups excluding carboxylic acids is 1. The number of halogens is 1. The molecule has 0 aliphatic carbocycles. The second-order valence-corrected chi connectivity index (χ2v) is 6.70. The van der Waals surface area contributed by atoms with E-state index in [0.29, 0.717) is 24.0 Å². The van der Waals surface area contributed by atoms with Crippen molar-refractivity contribution in [1.29, 1.82) is 0 Å². The summed E-state index contributed by atoms with van der Waals surface area (Å²) < 4.78 is 23.9. The molecule has 6 nitrogen and oxygen atoms in total. The Balaban J connectivity index is 1.53. The van der Waals surface area contributed by atoms with Crippen LogP contribution in [0, 0.1) is 5.82 Å². The number of carbonyl (C=O) groups is 1. The van der Waals surface area contributed by atoms with Gasteiger partial charge in [-0.3, -0.25) is 4.79 Å². The molecule has 0 saturated carbocycles. The lowest BCUT2D eigenvalue weighted by molar-refractivity contribution is -0.131. The minimum absolute atomic E-state index is 0.0360. The topological polar surface area (TPSA) is 68.5 Å². The van der Waals surface area contributed by atoms with E-state index in [2.05, 4.69) is 10.1 Å². The lowest BCUT2D eigenvalue weighted by Crippen LogP contribution is -2.32. The van der Waals surface area contributed by atoms with Gasteiger partial charge < -0.3 is 14.2 Å². The lowest BCUT2D eigenvalue weighted by atomic mass is 10.1. The molecule has 2 aromatic carbocycles. The predicted octanol–water partition coefficient (Wildman–Crippen LogP) is 3.79. The van der Waals surface area contributed by atoms with Gasteiger partial charge in [-0.25, -0.2) is 4.39 Å². The van der Waals surface area contributed by atoms with Gasteiger partial charge in [-0.05, 0) is 42.7 Å². The summed E-state index contributed by atoms with van der Waals surface area (Å²) in [5.41, 5.74) is 1.51. The molecule has 1 amide bonds. The first kappa shape index (κ1) is 18.2. The van der Waals surface area contributed by atoms with Gasteiger partial charge in [-0.2, -0.15) is 4.98 Å². The molecule has 28 heavy (non-hydrogen) atoms. The monoisotopic (exact) mass is 381 g/mol. The zero-order valence-electron chi connectivity index (χ0n) is 15.5. The van der Waals surface area contributed by atoms with E-state index in [4.69, 9.17) is 9.26 Å². The van der Waals surface area contributed by atoms with Crippen molar-refractivity contribution in [3.8, 4) is 17.1 Å². The number of para-hydroxylation sites is 1. The first-order valence-corrected chi connectivity index (χ1v) is 9.16. The Morgan fingerprint density at radius 2 is 2.04 bits per heavy atom. The lowest BCUT2D eigenvalue weighted by Gasteiger charge is -2.21. The highest BCUT2D eigenvalue weighted by Crippen LogP contribution is 2.34. The first-order valence-electron chi connectivity index (χ1n) is 9.16. The number of rotatable bonds is 5.